The molecule has 11 heteroatoms. The fourth-order valence-corrected chi connectivity index (χ4v) is 5.46. The lowest BCUT2D eigenvalue weighted by Crippen LogP contribution is -2.21. The molecule has 41 heavy (non-hydrogen) atoms. The van der Waals surface area contributed by atoms with Crippen LogP contribution in [0.4, 0.5) is 4.39 Å². The van der Waals surface area contributed by atoms with Crippen LogP contribution in [-0.4, -0.2) is 58.8 Å². The van der Waals surface area contributed by atoms with E-state index < -0.39 is 15.8 Å². The van der Waals surface area contributed by atoms with Gasteiger partial charge in [-0.2, -0.15) is 5.10 Å². The lowest BCUT2D eigenvalue weighted by atomic mass is 10.0. The molecule has 0 unspecified atom stereocenters. The molecule has 6 aromatic rings. The van der Waals surface area contributed by atoms with Crippen LogP contribution in [0.15, 0.2) is 73.3 Å². The number of benzene rings is 2. The first-order chi connectivity index (χ1) is 19.6. The third-order valence-electron chi connectivity index (χ3n) is 6.80. The number of H-pyrrole nitrogens is 2. The van der Waals surface area contributed by atoms with E-state index in [0.29, 0.717) is 11.1 Å². The van der Waals surface area contributed by atoms with Crippen molar-refractivity contribution < 1.29 is 12.8 Å². The molecule has 4 aromatic heterocycles. The minimum Gasteiger partial charge on any atom is -0.352 e. The average Bonchev–Trinajstić information content (AvgIpc) is 3.54. The SMILES string of the molecule is CN(C)Cc1cncc(-c2ccc3[nH]nc(-c4cc5c(-c6cc(F)cc(CNS(C)(=O)=O)c6)cncc5[nH]4)c3c2)c1. The molecule has 0 radical (unpaired) electrons. The Bertz CT molecular complexity index is 2010. The summed E-state index contributed by atoms with van der Waals surface area (Å²) in [6, 6.07) is 14.8. The summed E-state index contributed by atoms with van der Waals surface area (Å²) < 4.78 is 40.1. The van der Waals surface area contributed by atoms with E-state index in [-0.39, 0.29) is 6.54 Å². The van der Waals surface area contributed by atoms with Crippen molar-refractivity contribution in [2.75, 3.05) is 20.4 Å². The van der Waals surface area contributed by atoms with E-state index in [9.17, 15) is 12.8 Å². The molecular weight excluding hydrogens is 541 g/mol. The average molecular weight is 570 g/mol. The predicted octanol–water partition coefficient (Wildman–Crippen LogP) is 5.09. The van der Waals surface area contributed by atoms with Crippen molar-refractivity contribution in [3.63, 3.8) is 0 Å². The smallest absolute Gasteiger partial charge is 0.209 e. The number of nitrogens with zero attached hydrogens (tertiary/aromatic N) is 4. The van der Waals surface area contributed by atoms with Gasteiger partial charge in [-0.05, 0) is 78.8 Å². The zero-order valence-electron chi connectivity index (χ0n) is 22.7. The van der Waals surface area contributed by atoms with E-state index >= 15 is 0 Å². The van der Waals surface area contributed by atoms with Gasteiger partial charge in [0.25, 0.3) is 0 Å². The second-order valence-electron chi connectivity index (χ2n) is 10.4. The first-order valence-electron chi connectivity index (χ1n) is 12.9. The van der Waals surface area contributed by atoms with Gasteiger partial charge >= 0.3 is 0 Å². The highest BCUT2D eigenvalue weighted by Gasteiger charge is 2.16. The van der Waals surface area contributed by atoms with Crippen LogP contribution in [0.3, 0.4) is 0 Å². The first kappa shape index (κ1) is 26.8. The molecule has 208 valence electrons. The Balaban J connectivity index is 1.40. The fourth-order valence-electron chi connectivity index (χ4n) is 5.03. The largest absolute Gasteiger partial charge is 0.352 e. The summed E-state index contributed by atoms with van der Waals surface area (Å²) in [6.45, 7) is 0.785. The number of nitrogens with one attached hydrogen (secondary N) is 3. The van der Waals surface area contributed by atoms with Crippen LogP contribution < -0.4 is 4.72 Å². The molecule has 3 N–H and O–H groups in total. The quantitative estimate of drug-likeness (QED) is 0.235. The molecule has 0 saturated carbocycles. The maximum Gasteiger partial charge on any atom is 0.209 e. The molecule has 2 aromatic carbocycles. The van der Waals surface area contributed by atoms with E-state index in [2.05, 4.69) is 46.9 Å². The van der Waals surface area contributed by atoms with E-state index in [1.54, 1.807) is 18.5 Å². The van der Waals surface area contributed by atoms with Crippen LogP contribution in [0.2, 0.25) is 0 Å². The number of rotatable bonds is 8. The molecule has 4 heterocycles. The number of hydrogen-bond donors (Lipinski definition) is 3. The van der Waals surface area contributed by atoms with Gasteiger partial charge in [0.1, 0.15) is 11.5 Å². The molecule has 0 bridgehead atoms. The van der Waals surface area contributed by atoms with Crippen LogP contribution >= 0.6 is 0 Å². The summed E-state index contributed by atoms with van der Waals surface area (Å²) in [4.78, 5) is 14.3. The standard InChI is InChI=1S/C30H28FN7O2S/c1-38(2)17-19-7-22(14-32-12-19)20-4-5-27-25(10-20)30(37-36-27)28-11-24-26(15-33-16-29(24)35-28)21-6-18(8-23(31)9-21)13-34-41(3,39)40/h4-12,14-16,34-35H,13,17H2,1-3H3,(H,36,37). The second-order valence-corrected chi connectivity index (χ2v) is 12.3. The minimum atomic E-state index is -3.42. The lowest BCUT2D eigenvalue weighted by molar-refractivity contribution is 0.402. The van der Waals surface area contributed by atoms with Gasteiger partial charge in [0.15, 0.2) is 0 Å². The van der Waals surface area contributed by atoms with Crippen molar-refractivity contribution in [3.05, 3.63) is 90.3 Å². The Morgan fingerprint density at radius 3 is 2.46 bits per heavy atom. The summed E-state index contributed by atoms with van der Waals surface area (Å²) in [6.07, 6.45) is 8.21. The molecule has 0 spiro atoms. The van der Waals surface area contributed by atoms with Crippen LogP contribution in [0.25, 0.3) is 55.4 Å². The number of sulfonamides is 1. The molecule has 0 aliphatic rings. The maximum atomic E-state index is 14.6. The highest BCUT2D eigenvalue weighted by Crippen LogP contribution is 2.35. The van der Waals surface area contributed by atoms with E-state index in [4.69, 9.17) is 0 Å². The Labute approximate surface area is 236 Å². The molecule has 0 amide bonds. The third-order valence-corrected chi connectivity index (χ3v) is 7.47. The second kappa shape index (κ2) is 10.5. The molecule has 6 rings (SSSR count). The number of pyridine rings is 2. The molecule has 0 fully saturated rings. The predicted molar refractivity (Wildman–Crippen MR) is 159 cm³/mol. The topological polar surface area (TPSA) is 120 Å². The van der Waals surface area contributed by atoms with Gasteiger partial charge in [0.2, 0.25) is 10.0 Å². The number of halogens is 1. The van der Waals surface area contributed by atoms with Gasteiger partial charge in [0.05, 0.1) is 29.2 Å². The van der Waals surface area contributed by atoms with E-state index in [0.717, 1.165) is 68.2 Å². The normalized spacial score (nSPS) is 12.1. The van der Waals surface area contributed by atoms with E-state index in [1.165, 1.54) is 12.1 Å². The van der Waals surface area contributed by atoms with Gasteiger partial charge in [-0.3, -0.25) is 15.1 Å². The highest BCUT2D eigenvalue weighted by molar-refractivity contribution is 7.88. The van der Waals surface area contributed by atoms with Crippen molar-refractivity contribution in [2.45, 2.75) is 13.1 Å². The maximum absolute atomic E-state index is 14.6. The van der Waals surface area contributed by atoms with Crippen LogP contribution in [0.5, 0.6) is 0 Å². The number of aromatic nitrogens is 5. The molecular formula is C30H28FN7O2S. The minimum absolute atomic E-state index is 0.0133. The summed E-state index contributed by atoms with van der Waals surface area (Å²) in [5.74, 6) is -0.462. The molecule has 0 atom stereocenters. The fraction of sp³-hybridized carbons (Fsp3) is 0.167. The van der Waals surface area contributed by atoms with Crippen molar-refractivity contribution in [1.29, 1.82) is 0 Å². The summed E-state index contributed by atoms with van der Waals surface area (Å²) in [5, 5.41) is 9.52. The Morgan fingerprint density at radius 1 is 0.854 bits per heavy atom. The zero-order chi connectivity index (χ0) is 28.7. The van der Waals surface area contributed by atoms with Crippen molar-refractivity contribution in [1.82, 2.24) is 34.8 Å². The van der Waals surface area contributed by atoms with Crippen molar-refractivity contribution in [3.8, 4) is 33.6 Å². The first-order valence-corrected chi connectivity index (χ1v) is 14.8. The monoisotopic (exact) mass is 569 g/mol. The molecule has 0 aliphatic carbocycles. The van der Waals surface area contributed by atoms with Crippen LogP contribution in [-0.2, 0) is 23.1 Å². The van der Waals surface area contributed by atoms with Gasteiger partial charge in [0, 0.05) is 53.6 Å². The Morgan fingerprint density at radius 2 is 1.66 bits per heavy atom. The Hall–Kier alpha value is -4.45. The molecule has 0 saturated heterocycles. The highest BCUT2D eigenvalue weighted by atomic mass is 32.2. The van der Waals surface area contributed by atoms with Crippen molar-refractivity contribution in [2.24, 2.45) is 0 Å². The summed E-state index contributed by atoms with van der Waals surface area (Å²) >= 11 is 0. The van der Waals surface area contributed by atoms with Gasteiger partial charge in [-0.15, -0.1) is 0 Å². The van der Waals surface area contributed by atoms with Gasteiger partial charge < -0.3 is 9.88 Å². The van der Waals surface area contributed by atoms with Crippen LogP contribution in [0, 0.1) is 5.82 Å². The number of fused-ring (bicyclic) bond motifs is 2. The van der Waals surface area contributed by atoms with E-state index in [1.807, 2.05) is 44.7 Å². The Kier molecular flexibility index (Phi) is 6.86. The molecule has 0 aliphatic heterocycles. The van der Waals surface area contributed by atoms with Gasteiger partial charge in [-0.25, -0.2) is 17.5 Å². The van der Waals surface area contributed by atoms with Crippen molar-refractivity contribution >= 4 is 31.8 Å². The lowest BCUT2D eigenvalue weighted by Gasteiger charge is -2.10. The molecule has 9 nitrogen and oxygen atoms in total. The summed E-state index contributed by atoms with van der Waals surface area (Å²) in [5.41, 5.74) is 8.20. The number of aromatic amines is 2. The summed E-state index contributed by atoms with van der Waals surface area (Å²) in [7, 11) is 0.638. The number of hydrogen-bond acceptors (Lipinski definition) is 6. The van der Waals surface area contributed by atoms with Gasteiger partial charge in [-0.1, -0.05) is 6.07 Å². The zero-order valence-corrected chi connectivity index (χ0v) is 23.6. The third kappa shape index (κ3) is 5.73. The van der Waals surface area contributed by atoms with Crippen LogP contribution in [0.1, 0.15) is 11.1 Å².